The number of nitrogens with zero attached hydrogens (tertiary/aromatic N) is 2. The molecule has 164 valence electrons. The van der Waals surface area contributed by atoms with E-state index in [9.17, 15) is 4.79 Å². The lowest BCUT2D eigenvalue weighted by Gasteiger charge is -2.57. The van der Waals surface area contributed by atoms with Gasteiger partial charge in [0.15, 0.2) is 0 Å². The molecule has 1 amide bonds. The average molecular weight is 445 g/mol. The van der Waals surface area contributed by atoms with Crippen molar-refractivity contribution in [1.29, 1.82) is 0 Å². The Morgan fingerprint density at radius 3 is 2.59 bits per heavy atom. The number of benzene rings is 1. The number of fused-ring (bicyclic) bond motifs is 1. The molecule has 1 aromatic heterocycles. The minimum absolute atomic E-state index is 0. The molecule has 2 aromatic rings. The number of imidazole rings is 1. The van der Waals surface area contributed by atoms with E-state index in [4.69, 9.17) is 15.5 Å². The fraction of sp³-hybridized carbons (Fsp3) is 0.619. The lowest BCUT2D eigenvalue weighted by Crippen LogP contribution is -2.75. The zero-order valence-corrected chi connectivity index (χ0v) is 19.5. The van der Waals surface area contributed by atoms with Crippen LogP contribution in [0.5, 0.6) is 0 Å². The Hall–Kier alpha value is -1.34. The third-order valence-corrected chi connectivity index (χ3v) is 6.05. The first-order chi connectivity index (χ1) is 12.7. The highest BCUT2D eigenvalue weighted by Crippen LogP contribution is 2.49. The first kappa shape index (κ1) is 25.7. The first-order valence-electron chi connectivity index (χ1n) is 9.87. The predicted molar refractivity (Wildman–Crippen MR) is 122 cm³/mol. The van der Waals surface area contributed by atoms with Gasteiger partial charge < -0.3 is 20.4 Å². The largest absolute Gasteiger partial charge is 0.378 e. The van der Waals surface area contributed by atoms with E-state index in [1.807, 2.05) is 39.0 Å². The number of carbonyl (C=O) groups is 1. The molecule has 6 nitrogen and oxygen atoms in total. The molecule has 1 aliphatic carbocycles. The summed E-state index contributed by atoms with van der Waals surface area (Å²) in [6.45, 7) is 11.4. The highest BCUT2D eigenvalue weighted by atomic mass is 35.5. The number of halogens is 2. The van der Waals surface area contributed by atoms with Crippen molar-refractivity contribution in [1.82, 2.24) is 14.9 Å². The molecule has 1 heterocycles. The van der Waals surface area contributed by atoms with Gasteiger partial charge in [0.1, 0.15) is 11.4 Å². The Bertz CT molecular complexity index is 837. The number of nitrogens with two attached hydrogens (primary N) is 1. The average Bonchev–Trinajstić information content (AvgIpc) is 2.99. The van der Waals surface area contributed by atoms with Crippen molar-refractivity contribution in [2.24, 2.45) is 11.1 Å². The molecule has 0 radical (unpaired) electrons. The van der Waals surface area contributed by atoms with E-state index in [2.05, 4.69) is 29.8 Å². The molecule has 8 heteroatoms. The molecule has 1 aliphatic rings. The van der Waals surface area contributed by atoms with Crippen LogP contribution in [0.25, 0.3) is 11.0 Å². The summed E-state index contributed by atoms with van der Waals surface area (Å²) >= 11 is 0. The van der Waals surface area contributed by atoms with Gasteiger partial charge in [-0.05, 0) is 32.9 Å². The number of hydrogen-bond donors (Lipinski definition) is 2. The van der Waals surface area contributed by atoms with Crippen LogP contribution in [0, 0.1) is 5.41 Å². The highest BCUT2D eigenvalue weighted by molar-refractivity contribution is 5.88. The molecule has 29 heavy (non-hydrogen) atoms. The van der Waals surface area contributed by atoms with Crippen molar-refractivity contribution in [3.8, 4) is 0 Å². The van der Waals surface area contributed by atoms with Crippen molar-refractivity contribution in [3.63, 3.8) is 0 Å². The van der Waals surface area contributed by atoms with Gasteiger partial charge in [-0.2, -0.15) is 0 Å². The van der Waals surface area contributed by atoms with Crippen molar-refractivity contribution in [2.45, 2.75) is 65.1 Å². The zero-order valence-electron chi connectivity index (χ0n) is 17.9. The molecule has 1 fully saturated rings. The van der Waals surface area contributed by atoms with Gasteiger partial charge in [-0.3, -0.25) is 4.79 Å². The second kappa shape index (κ2) is 9.65. The number of nitrogens with one attached hydrogen (secondary N) is 1. The quantitative estimate of drug-likeness (QED) is 0.682. The minimum Gasteiger partial charge on any atom is -0.378 e. The lowest BCUT2D eigenvalue weighted by molar-refractivity contribution is -0.170. The van der Waals surface area contributed by atoms with Crippen LogP contribution in [0.2, 0.25) is 0 Å². The van der Waals surface area contributed by atoms with E-state index in [1.54, 1.807) is 0 Å². The maximum atomic E-state index is 12.8. The maximum Gasteiger partial charge on any atom is 0.240 e. The Morgan fingerprint density at radius 2 is 2.00 bits per heavy atom. The van der Waals surface area contributed by atoms with Crippen LogP contribution in [-0.4, -0.2) is 40.3 Å². The van der Waals surface area contributed by atoms with Gasteiger partial charge >= 0.3 is 0 Å². The van der Waals surface area contributed by atoms with E-state index < -0.39 is 5.54 Å². The van der Waals surface area contributed by atoms with E-state index in [0.717, 1.165) is 16.9 Å². The fourth-order valence-corrected chi connectivity index (χ4v) is 4.11. The standard InChI is InChI=1S/C21H32N4O2.2ClH/c1-6-27-17-13-21(22,20(17,4)5)19(26)23-12-11-18-24-15-9-7-8-10-16(15)25(18)14(2)3;;/h7-10,14,17H,6,11-13,22H2,1-5H3,(H,23,26);2*1H. The predicted octanol–water partition coefficient (Wildman–Crippen LogP) is 3.65. The number of aromatic nitrogens is 2. The number of ether oxygens (including phenoxy) is 1. The SMILES string of the molecule is CCOC1CC(N)(C(=O)NCCc2nc3ccccc3n2C(C)C)C1(C)C.Cl.Cl. The molecule has 2 unspecified atom stereocenters. The molecular weight excluding hydrogens is 411 g/mol. The summed E-state index contributed by atoms with van der Waals surface area (Å²) in [6.07, 6.45) is 1.26. The Morgan fingerprint density at radius 1 is 1.34 bits per heavy atom. The number of hydrogen-bond acceptors (Lipinski definition) is 4. The summed E-state index contributed by atoms with van der Waals surface area (Å²) in [5.41, 5.74) is 7.31. The number of amides is 1. The smallest absolute Gasteiger partial charge is 0.240 e. The molecule has 0 aliphatic heterocycles. The Labute approximate surface area is 185 Å². The second-order valence-corrected chi connectivity index (χ2v) is 8.33. The summed E-state index contributed by atoms with van der Waals surface area (Å²) in [5.74, 6) is 0.883. The summed E-state index contributed by atoms with van der Waals surface area (Å²) < 4.78 is 7.95. The summed E-state index contributed by atoms with van der Waals surface area (Å²) in [5, 5.41) is 3.03. The van der Waals surface area contributed by atoms with Crippen LogP contribution in [0.15, 0.2) is 24.3 Å². The molecule has 0 saturated heterocycles. The summed E-state index contributed by atoms with van der Waals surface area (Å²) in [7, 11) is 0. The van der Waals surface area contributed by atoms with Crippen LogP contribution >= 0.6 is 24.8 Å². The van der Waals surface area contributed by atoms with E-state index in [-0.39, 0.29) is 42.2 Å². The van der Waals surface area contributed by atoms with Crippen molar-refractivity contribution < 1.29 is 9.53 Å². The fourth-order valence-electron chi connectivity index (χ4n) is 4.11. The van der Waals surface area contributed by atoms with Crippen molar-refractivity contribution in [2.75, 3.05) is 13.2 Å². The molecule has 1 saturated carbocycles. The van der Waals surface area contributed by atoms with Crippen molar-refractivity contribution >= 4 is 41.8 Å². The zero-order chi connectivity index (χ0) is 19.8. The maximum absolute atomic E-state index is 12.8. The molecule has 0 bridgehead atoms. The third-order valence-electron chi connectivity index (χ3n) is 6.05. The first-order valence-corrected chi connectivity index (χ1v) is 9.87. The third kappa shape index (κ3) is 4.41. The topological polar surface area (TPSA) is 82.2 Å². The molecule has 1 aromatic carbocycles. The number of carbonyl (C=O) groups excluding carboxylic acids is 1. The molecular formula is C21H34Cl2N4O2. The Kier molecular flexibility index (Phi) is 8.55. The van der Waals surface area contributed by atoms with Crippen LogP contribution in [-0.2, 0) is 16.0 Å². The van der Waals surface area contributed by atoms with Crippen molar-refractivity contribution in [3.05, 3.63) is 30.1 Å². The van der Waals surface area contributed by atoms with Gasteiger partial charge in [0.05, 0.1) is 17.1 Å². The van der Waals surface area contributed by atoms with Gasteiger partial charge in [0.2, 0.25) is 5.91 Å². The van der Waals surface area contributed by atoms with Gasteiger partial charge in [0, 0.05) is 37.5 Å². The van der Waals surface area contributed by atoms with E-state index in [1.165, 1.54) is 0 Å². The monoisotopic (exact) mass is 444 g/mol. The van der Waals surface area contributed by atoms with Crippen LogP contribution in [0.4, 0.5) is 0 Å². The lowest BCUT2D eigenvalue weighted by atomic mass is 9.54. The van der Waals surface area contributed by atoms with E-state index in [0.29, 0.717) is 32.0 Å². The molecule has 3 rings (SSSR count). The molecule has 2 atom stereocenters. The van der Waals surface area contributed by atoms with Gasteiger partial charge in [-0.25, -0.2) is 4.98 Å². The second-order valence-electron chi connectivity index (χ2n) is 8.33. The van der Waals surface area contributed by atoms with Crippen LogP contribution in [0.1, 0.15) is 52.9 Å². The van der Waals surface area contributed by atoms with Crippen LogP contribution in [0.3, 0.4) is 0 Å². The normalized spacial score (nSPS) is 22.5. The molecule has 3 N–H and O–H groups in total. The summed E-state index contributed by atoms with van der Waals surface area (Å²) in [4.78, 5) is 17.5. The Balaban J connectivity index is 0.00000210. The van der Waals surface area contributed by atoms with Gasteiger partial charge in [-0.1, -0.05) is 26.0 Å². The number of para-hydroxylation sites is 2. The molecule has 0 spiro atoms. The summed E-state index contributed by atoms with van der Waals surface area (Å²) in [6, 6.07) is 8.44. The van der Waals surface area contributed by atoms with Crippen LogP contribution < -0.4 is 11.1 Å². The highest BCUT2D eigenvalue weighted by Gasteiger charge is 2.62. The van der Waals surface area contributed by atoms with Gasteiger partial charge in [0.25, 0.3) is 0 Å². The number of rotatable bonds is 7. The van der Waals surface area contributed by atoms with E-state index >= 15 is 0 Å². The minimum atomic E-state index is -0.884. The van der Waals surface area contributed by atoms with Gasteiger partial charge in [-0.15, -0.1) is 24.8 Å².